The number of hydrogen-bond donors (Lipinski definition) is 2. The Labute approximate surface area is 93.2 Å². The number of imidazole rings is 1. The van der Waals surface area contributed by atoms with Crippen LogP contribution in [0.25, 0.3) is 11.0 Å². The van der Waals surface area contributed by atoms with Gasteiger partial charge in [-0.2, -0.15) is 0 Å². The van der Waals surface area contributed by atoms with Crippen molar-refractivity contribution < 1.29 is 5.21 Å². The number of benzene rings is 1. The average molecular weight is 218 g/mol. The molecule has 3 N–H and O–H groups in total. The van der Waals surface area contributed by atoms with E-state index in [4.69, 9.17) is 10.9 Å². The number of oxime groups is 1. The predicted molar refractivity (Wildman–Crippen MR) is 62.5 cm³/mol. The standard InChI is InChI=1S/C11H14N4O/c1-8(6-11(12)14-16)15-7-13-9-4-2-3-5-10(9)15/h2-5,7-8,16H,6H2,1H3,(H2,12,14). The predicted octanol–water partition coefficient (Wildman–Crippen LogP) is 1.73. The van der Waals surface area contributed by atoms with Gasteiger partial charge in [0.25, 0.3) is 0 Å². The number of hydrogen-bond acceptors (Lipinski definition) is 3. The molecular weight excluding hydrogens is 204 g/mol. The lowest BCUT2D eigenvalue weighted by Gasteiger charge is -2.13. The highest BCUT2D eigenvalue weighted by molar-refractivity contribution is 5.80. The summed E-state index contributed by atoms with van der Waals surface area (Å²) in [5, 5.41) is 11.5. The summed E-state index contributed by atoms with van der Waals surface area (Å²) in [6.07, 6.45) is 2.27. The van der Waals surface area contributed by atoms with E-state index in [0.717, 1.165) is 11.0 Å². The van der Waals surface area contributed by atoms with Gasteiger partial charge >= 0.3 is 0 Å². The van der Waals surface area contributed by atoms with E-state index in [9.17, 15) is 0 Å². The van der Waals surface area contributed by atoms with Crippen LogP contribution >= 0.6 is 0 Å². The first-order valence-corrected chi connectivity index (χ1v) is 5.10. The molecule has 5 heteroatoms. The zero-order chi connectivity index (χ0) is 11.5. The summed E-state index contributed by atoms with van der Waals surface area (Å²) in [6.45, 7) is 2.01. The summed E-state index contributed by atoms with van der Waals surface area (Å²) in [4.78, 5) is 4.29. The lowest BCUT2D eigenvalue weighted by molar-refractivity contribution is 0.315. The van der Waals surface area contributed by atoms with Gasteiger partial charge in [0, 0.05) is 12.5 Å². The number of para-hydroxylation sites is 2. The Bertz CT molecular complexity index is 517. The van der Waals surface area contributed by atoms with Crippen molar-refractivity contribution in [1.82, 2.24) is 9.55 Å². The fourth-order valence-electron chi connectivity index (χ4n) is 1.77. The van der Waals surface area contributed by atoms with Crippen LogP contribution < -0.4 is 5.73 Å². The highest BCUT2D eigenvalue weighted by atomic mass is 16.4. The average Bonchev–Trinajstić information content (AvgIpc) is 2.72. The minimum absolute atomic E-state index is 0.114. The molecular formula is C11H14N4O. The van der Waals surface area contributed by atoms with Gasteiger partial charge in [0.2, 0.25) is 0 Å². The van der Waals surface area contributed by atoms with E-state index in [2.05, 4.69) is 10.1 Å². The Morgan fingerprint density at radius 2 is 2.31 bits per heavy atom. The summed E-state index contributed by atoms with van der Waals surface area (Å²) < 4.78 is 2.02. The van der Waals surface area contributed by atoms with Gasteiger partial charge in [-0.15, -0.1) is 0 Å². The van der Waals surface area contributed by atoms with E-state index < -0.39 is 0 Å². The number of rotatable bonds is 3. The second-order valence-corrected chi connectivity index (χ2v) is 3.79. The SMILES string of the molecule is CC(CC(N)=NO)n1cnc2ccccc21. The molecule has 2 aromatic rings. The van der Waals surface area contributed by atoms with Gasteiger partial charge in [-0.3, -0.25) is 0 Å². The molecule has 0 aliphatic carbocycles. The summed E-state index contributed by atoms with van der Waals surface area (Å²) in [7, 11) is 0. The normalized spacial score (nSPS) is 14.2. The van der Waals surface area contributed by atoms with Gasteiger partial charge < -0.3 is 15.5 Å². The monoisotopic (exact) mass is 218 g/mol. The van der Waals surface area contributed by atoms with Crippen molar-refractivity contribution >= 4 is 16.9 Å². The van der Waals surface area contributed by atoms with Crippen LogP contribution in [0.15, 0.2) is 35.7 Å². The molecule has 1 aromatic carbocycles. The molecule has 0 bridgehead atoms. The van der Waals surface area contributed by atoms with Crippen molar-refractivity contribution in [3.63, 3.8) is 0 Å². The Hall–Kier alpha value is -2.04. The van der Waals surface area contributed by atoms with Gasteiger partial charge in [-0.05, 0) is 19.1 Å². The van der Waals surface area contributed by atoms with Crippen LogP contribution in [0, 0.1) is 0 Å². The van der Waals surface area contributed by atoms with E-state index in [1.807, 2.05) is 35.8 Å². The molecule has 0 radical (unpaired) electrons. The van der Waals surface area contributed by atoms with Crippen molar-refractivity contribution in [3.05, 3.63) is 30.6 Å². The molecule has 16 heavy (non-hydrogen) atoms. The largest absolute Gasteiger partial charge is 0.409 e. The van der Waals surface area contributed by atoms with Crippen molar-refractivity contribution in [1.29, 1.82) is 0 Å². The Morgan fingerprint density at radius 1 is 1.56 bits per heavy atom. The van der Waals surface area contributed by atoms with Crippen LogP contribution in [0.1, 0.15) is 19.4 Å². The molecule has 1 atom stereocenters. The molecule has 1 aromatic heterocycles. The zero-order valence-corrected chi connectivity index (χ0v) is 9.04. The Balaban J connectivity index is 2.33. The molecule has 0 spiro atoms. The third kappa shape index (κ3) is 1.84. The number of nitrogens with two attached hydrogens (primary N) is 1. The van der Waals surface area contributed by atoms with E-state index in [-0.39, 0.29) is 11.9 Å². The topological polar surface area (TPSA) is 76.4 Å². The highest BCUT2D eigenvalue weighted by Gasteiger charge is 2.10. The van der Waals surface area contributed by atoms with Crippen LogP contribution in [0.2, 0.25) is 0 Å². The van der Waals surface area contributed by atoms with Gasteiger partial charge in [0.05, 0.1) is 17.4 Å². The maximum Gasteiger partial charge on any atom is 0.141 e. The first-order chi connectivity index (χ1) is 7.72. The summed E-state index contributed by atoms with van der Waals surface area (Å²) in [6, 6.07) is 8.00. The maximum absolute atomic E-state index is 8.53. The molecule has 1 heterocycles. The summed E-state index contributed by atoms with van der Waals surface area (Å²) in [5.74, 6) is 0.227. The molecule has 0 saturated carbocycles. The minimum Gasteiger partial charge on any atom is -0.409 e. The summed E-state index contributed by atoms with van der Waals surface area (Å²) >= 11 is 0. The first-order valence-electron chi connectivity index (χ1n) is 5.10. The number of nitrogens with zero attached hydrogens (tertiary/aromatic N) is 3. The number of aromatic nitrogens is 2. The van der Waals surface area contributed by atoms with Crippen molar-refractivity contribution in [3.8, 4) is 0 Å². The Kier molecular flexibility index (Phi) is 2.76. The molecule has 84 valence electrons. The van der Waals surface area contributed by atoms with Gasteiger partial charge in [0.15, 0.2) is 0 Å². The highest BCUT2D eigenvalue weighted by Crippen LogP contribution is 2.19. The van der Waals surface area contributed by atoms with E-state index in [0.29, 0.717) is 6.42 Å². The van der Waals surface area contributed by atoms with Crippen LogP contribution in [0.4, 0.5) is 0 Å². The maximum atomic E-state index is 8.53. The number of amidine groups is 1. The molecule has 1 unspecified atom stereocenters. The molecule has 0 amide bonds. The molecule has 2 rings (SSSR count). The molecule has 5 nitrogen and oxygen atoms in total. The Morgan fingerprint density at radius 3 is 3.06 bits per heavy atom. The smallest absolute Gasteiger partial charge is 0.141 e. The van der Waals surface area contributed by atoms with Gasteiger partial charge in [-0.1, -0.05) is 17.3 Å². The fourth-order valence-corrected chi connectivity index (χ4v) is 1.77. The molecule has 0 fully saturated rings. The second-order valence-electron chi connectivity index (χ2n) is 3.79. The zero-order valence-electron chi connectivity index (χ0n) is 9.04. The van der Waals surface area contributed by atoms with Crippen LogP contribution in [-0.4, -0.2) is 20.6 Å². The van der Waals surface area contributed by atoms with Gasteiger partial charge in [-0.25, -0.2) is 4.98 Å². The van der Waals surface area contributed by atoms with Gasteiger partial charge in [0.1, 0.15) is 5.84 Å². The minimum atomic E-state index is 0.114. The van der Waals surface area contributed by atoms with Crippen molar-refractivity contribution in [2.45, 2.75) is 19.4 Å². The lowest BCUT2D eigenvalue weighted by atomic mass is 10.2. The van der Waals surface area contributed by atoms with E-state index in [1.165, 1.54) is 0 Å². The second kappa shape index (κ2) is 4.22. The lowest BCUT2D eigenvalue weighted by Crippen LogP contribution is -2.17. The van der Waals surface area contributed by atoms with Crippen molar-refractivity contribution in [2.24, 2.45) is 10.9 Å². The quantitative estimate of drug-likeness (QED) is 0.356. The number of fused-ring (bicyclic) bond motifs is 1. The third-order valence-electron chi connectivity index (χ3n) is 2.59. The van der Waals surface area contributed by atoms with Crippen LogP contribution in [-0.2, 0) is 0 Å². The summed E-state index contributed by atoms with van der Waals surface area (Å²) in [5.41, 5.74) is 7.50. The molecule has 0 aliphatic rings. The van der Waals surface area contributed by atoms with E-state index in [1.54, 1.807) is 6.33 Å². The van der Waals surface area contributed by atoms with Crippen LogP contribution in [0.3, 0.4) is 0 Å². The molecule has 0 saturated heterocycles. The fraction of sp³-hybridized carbons (Fsp3) is 0.273. The first kappa shape index (κ1) is 10.5. The van der Waals surface area contributed by atoms with Crippen molar-refractivity contribution in [2.75, 3.05) is 0 Å². The van der Waals surface area contributed by atoms with Crippen LogP contribution in [0.5, 0.6) is 0 Å². The molecule has 0 aliphatic heterocycles. The van der Waals surface area contributed by atoms with E-state index >= 15 is 0 Å². The third-order valence-corrected chi connectivity index (χ3v) is 2.59.